The molecule has 4 amide bonds. The minimum absolute atomic E-state index is 0.00912. The third-order valence-electron chi connectivity index (χ3n) is 7.63. The van der Waals surface area contributed by atoms with Crippen molar-refractivity contribution in [3.63, 3.8) is 0 Å². The standard InChI is InChI=1S/C32H31Br2N5O4S4/c33-23-5-1-3-21(17-23)19-25-29(42)38(31(44)46-25)10-7-27(40)35-9-12-36-13-15-37(16-14-36)28(41)8-11-39-30(43)26(47-32(39)45)20-22-4-2-6-24(34)18-22/h1-6,17-20H,7-16H2,(H,35,40)/b25-19-,26-20+. The van der Waals surface area contributed by atoms with E-state index in [9.17, 15) is 19.2 Å². The Balaban J connectivity index is 0.979. The smallest absolute Gasteiger partial charge is 0.266 e. The molecule has 0 spiro atoms. The highest BCUT2D eigenvalue weighted by Crippen LogP contribution is 2.34. The summed E-state index contributed by atoms with van der Waals surface area (Å²) in [6, 6.07) is 15.3. The molecule has 0 saturated carbocycles. The average Bonchev–Trinajstić information content (AvgIpc) is 3.46. The van der Waals surface area contributed by atoms with E-state index in [1.165, 1.54) is 33.3 Å². The molecule has 3 heterocycles. The predicted octanol–water partition coefficient (Wildman–Crippen LogP) is 5.35. The molecule has 3 fully saturated rings. The predicted molar refractivity (Wildman–Crippen MR) is 203 cm³/mol. The average molecular weight is 838 g/mol. The van der Waals surface area contributed by atoms with Crippen LogP contribution in [0.5, 0.6) is 0 Å². The van der Waals surface area contributed by atoms with Gasteiger partial charge in [0.2, 0.25) is 11.8 Å². The van der Waals surface area contributed by atoms with Crippen LogP contribution < -0.4 is 5.32 Å². The van der Waals surface area contributed by atoms with Crippen molar-refractivity contribution in [2.75, 3.05) is 52.4 Å². The first kappa shape index (κ1) is 35.9. The number of carbonyl (C=O) groups is 4. The van der Waals surface area contributed by atoms with Gasteiger partial charge in [0.15, 0.2) is 0 Å². The quantitative estimate of drug-likeness (QED) is 0.238. The lowest BCUT2D eigenvalue weighted by molar-refractivity contribution is -0.133. The molecule has 5 rings (SSSR count). The van der Waals surface area contributed by atoms with Gasteiger partial charge in [-0.15, -0.1) is 0 Å². The van der Waals surface area contributed by atoms with E-state index in [1.807, 2.05) is 59.5 Å². The number of thioether (sulfide) groups is 2. The Morgan fingerprint density at radius 1 is 0.766 bits per heavy atom. The van der Waals surface area contributed by atoms with Gasteiger partial charge in [0.1, 0.15) is 8.64 Å². The summed E-state index contributed by atoms with van der Waals surface area (Å²) in [5.74, 6) is -0.519. The van der Waals surface area contributed by atoms with Gasteiger partial charge in [0.25, 0.3) is 11.8 Å². The molecule has 3 aliphatic heterocycles. The second-order valence-corrected chi connectivity index (χ2v) is 16.0. The molecule has 0 unspecified atom stereocenters. The second kappa shape index (κ2) is 16.8. The second-order valence-electron chi connectivity index (χ2n) is 10.8. The number of piperazine rings is 1. The lowest BCUT2D eigenvalue weighted by atomic mass is 10.2. The maximum absolute atomic E-state index is 13.0. The Kier molecular flexibility index (Phi) is 12.8. The van der Waals surface area contributed by atoms with Gasteiger partial charge in [0.05, 0.1) is 9.81 Å². The zero-order valence-corrected chi connectivity index (χ0v) is 31.6. The van der Waals surface area contributed by atoms with Crippen molar-refractivity contribution >= 4 is 124 Å². The first-order valence-corrected chi connectivity index (χ1v) is 18.9. The van der Waals surface area contributed by atoms with Crippen LogP contribution in [0.4, 0.5) is 0 Å². The first-order valence-electron chi connectivity index (χ1n) is 14.9. The summed E-state index contributed by atoms with van der Waals surface area (Å²) < 4.78 is 2.76. The molecule has 9 nitrogen and oxygen atoms in total. The van der Waals surface area contributed by atoms with E-state index in [2.05, 4.69) is 42.1 Å². The van der Waals surface area contributed by atoms with Gasteiger partial charge in [-0.2, -0.15) is 0 Å². The maximum Gasteiger partial charge on any atom is 0.266 e. The van der Waals surface area contributed by atoms with E-state index >= 15 is 0 Å². The van der Waals surface area contributed by atoms with Crippen molar-refractivity contribution in [3.8, 4) is 0 Å². The van der Waals surface area contributed by atoms with Crippen molar-refractivity contribution < 1.29 is 19.2 Å². The maximum atomic E-state index is 13.0. The molecule has 1 N–H and O–H groups in total. The number of amides is 4. The molecule has 0 bridgehead atoms. The molecule has 0 radical (unpaired) electrons. The van der Waals surface area contributed by atoms with Gasteiger partial charge in [-0.3, -0.25) is 33.9 Å². The zero-order chi connectivity index (χ0) is 33.5. The lowest BCUT2D eigenvalue weighted by Gasteiger charge is -2.35. The summed E-state index contributed by atoms with van der Waals surface area (Å²) in [5.41, 5.74) is 1.79. The van der Waals surface area contributed by atoms with Crippen LogP contribution in [0.15, 0.2) is 67.3 Å². The molecular formula is C32H31Br2N5O4S4. The number of nitrogens with zero attached hydrogens (tertiary/aromatic N) is 4. The van der Waals surface area contributed by atoms with E-state index in [1.54, 1.807) is 6.08 Å². The number of carbonyl (C=O) groups excluding carboxylic acids is 4. The summed E-state index contributed by atoms with van der Waals surface area (Å²) in [6.45, 7) is 4.15. The highest BCUT2D eigenvalue weighted by Gasteiger charge is 2.33. The molecule has 0 aromatic heterocycles. The Hall–Kier alpha value is -2.40. The molecule has 0 atom stereocenters. The number of halogens is 2. The highest BCUT2D eigenvalue weighted by molar-refractivity contribution is 9.10. The summed E-state index contributed by atoms with van der Waals surface area (Å²) in [5, 5.41) is 2.93. The molecule has 3 saturated heterocycles. The van der Waals surface area contributed by atoms with E-state index in [-0.39, 0.29) is 49.6 Å². The molecule has 47 heavy (non-hydrogen) atoms. The van der Waals surface area contributed by atoms with E-state index in [0.29, 0.717) is 57.7 Å². The van der Waals surface area contributed by atoms with Crippen molar-refractivity contribution in [1.82, 2.24) is 24.9 Å². The van der Waals surface area contributed by atoms with Crippen LogP contribution in [-0.2, 0) is 19.2 Å². The molecule has 246 valence electrons. The number of nitrogens with one attached hydrogen (secondary N) is 1. The van der Waals surface area contributed by atoms with Crippen LogP contribution in [0.1, 0.15) is 24.0 Å². The van der Waals surface area contributed by atoms with Gasteiger partial charge >= 0.3 is 0 Å². The Morgan fingerprint density at radius 2 is 1.28 bits per heavy atom. The fraction of sp³-hybridized carbons (Fsp3) is 0.312. The highest BCUT2D eigenvalue weighted by atomic mass is 79.9. The van der Waals surface area contributed by atoms with Crippen molar-refractivity contribution in [1.29, 1.82) is 0 Å². The fourth-order valence-corrected chi connectivity index (χ4v) is 8.57. The van der Waals surface area contributed by atoms with Crippen LogP contribution in [0.3, 0.4) is 0 Å². The first-order chi connectivity index (χ1) is 22.6. The fourth-order valence-electron chi connectivity index (χ4n) is 5.12. The molecule has 2 aromatic rings. The number of hydrogen-bond acceptors (Lipinski definition) is 9. The Bertz CT molecular complexity index is 1660. The Labute approximate surface area is 309 Å². The van der Waals surface area contributed by atoms with Gasteiger partial charge in [0, 0.05) is 74.1 Å². The SMILES string of the molecule is O=C(CCN1C(=O)/C(=C/c2cccc(Br)c2)SC1=S)NCCN1CCN(C(=O)CCN2C(=O)/C(=C\c3cccc(Br)c3)SC2=S)CC1. The van der Waals surface area contributed by atoms with Gasteiger partial charge in [-0.1, -0.05) is 104 Å². The summed E-state index contributed by atoms with van der Waals surface area (Å²) >= 11 is 20.2. The molecule has 0 aliphatic carbocycles. The monoisotopic (exact) mass is 835 g/mol. The van der Waals surface area contributed by atoms with Crippen LogP contribution in [-0.4, -0.2) is 104 Å². The largest absolute Gasteiger partial charge is 0.355 e. The van der Waals surface area contributed by atoms with Crippen molar-refractivity contribution in [3.05, 3.63) is 78.4 Å². The van der Waals surface area contributed by atoms with E-state index in [4.69, 9.17) is 24.4 Å². The zero-order valence-electron chi connectivity index (χ0n) is 25.2. The minimum Gasteiger partial charge on any atom is -0.355 e. The topological polar surface area (TPSA) is 93.3 Å². The number of thiocarbonyl (C=S) groups is 2. The van der Waals surface area contributed by atoms with Crippen LogP contribution in [0, 0.1) is 0 Å². The van der Waals surface area contributed by atoms with Crippen molar-refractivity contribution in [2.45, 2.75) is 12.8 Å². The van der Waals surface area contributed by atoms with Gasteiger partial charge < -0.3 is 10.2 Å². The molecule has 2 aromatic carbocycles. The summed E-state index contributed by atoms with van der Waals surface area (Å²) in [6.07, 6.45) is 3.98. The number of rotatable bonds is 11. The van der Waals surface area contributed by atoms with Crippen LogP contribution in [0.25, 0.3) is 12.2 Å². The minimum atomic E-state index is -0.188. The van der Waals surface area contributed by atoms with Gasteiger partial charge in [-0.25, -0.2) is 0 Å². The normalized spacial score (nSPS) is 19.1. The summed E-state index contributed by atoms with van der Waals surface area (Å²) in [4.78, 5) is 59.4. The van der Waals surface area contributed by atoms with E-state index < -0.39 is 0 Å². The van der Waals surface area contributed by atoms with E-state index in [0.717, 1.165) is 20.1 Å². The van der Waals surface area contributed by atoms with Gasteiger partial charge in [-0.05, 0) is 47.5 Å². The molecular weight excluding hydrogens is 806 g/mol. The summed E-state index contributed by atoms with van der Waals surface area (Å²) in [7, 11) is 0. The third kappa shape index (κ3) is 9.83. The van der Waals surface area contributed by atoms with Crippen LogP contribution in [0.2, 0.25) is 0 Å². The van der Waals surface area contributed by atoms with Crippen molar-refractivity contribution in [2.24, 2.45) is 0 Å². The molecule has 3 aliphatic rings. The number of benzene rings is 2. The van der Waals surface area contributed by atoms with Crippen LogP contribution >= 0.6 is 79.8 Å². The molecule has 15 heteroatoms. The lowest BCUT2D eigenvalue weighted by Crippen LogP contribution is -2.50. The Morgan fingerprint density at radius 3 is 1.79 bits per heavy atom. The number of hydrogen-bond donors (Lipinski definition) is 1. The third-order valence-corrected chi connectivity index (χ3v) is 11.4.